The number of nitrogens with two attached hydrogens (primary N) is 2. The number of unbranched alkanes of at least 4 members (excludes halogenated alkanes) is 1. The van der Waals surface area contributed by atoms with Gasteiger partial charge in [-0.05, 0) is 72.6 Å². The van der Waals surface area contributed by atoms with Crippen LogP contribution in [0.5, 0.6) is 0 Å². The predicted octanol–water partition coefficient (Wildman–Crippen LogP) is 1.33. The molecular weight excluding hydrogens is 552 g/mol. The summed E-state index contributed by atoms with van der Waals surface area (Å²) < 4.78 is 12.5. The Bertz CT molecular complexity index is 1010. The number of rotatable bonds is 19. The first-order valence-electron chi connectivity index (χ1n) is 15.7. The van der Waals surface area contributed by atoms with E-state index < -0.39 is 11.1 Å². The van der Waals surface area contributed by atoms with E-state index in [1.165, 1.54) is 0 Å². The molecule has 246 valence electrons. The Morgan fingerprint density at radius 3 is 2.51 bits per heavy atom. The van der Waals surface area contributed by atoms with E-state index in [2.05, 4.69) is 26.3 Å². The lowest BCUT2D eigenvalue weighted by Crippen LogP contribution is -2.67. The molecule has 2 rings (SSSR count). The van der Waals surface area contributed by atoms with Gasteiger partial charge < -0.3 is 36.9 Å². The van der Waals surface area contributed by atoms with Gasteiger partial charge in [0.2, 0.25) is 17.7 Å². The number of nitrogens with one attached hydrogen (secondary N) is 3. The third-order valence-corrected chi connectivity index (χ3v) is 8.31. The number of aryl methyl sites for hydroxylation is 2. The molecular formula is C30H56N8O5. The van der Waals surface area contributed by atoms with Crippen LogP contribution in [0.4, 0.5) is 0 Å². The zero-order valence-corrected chi connectivity index (χ0v) is 27.0. The number of ether oxygens (including phenoxy) is 2. The number of amides is 3. The highest BCUT2D eigenvalue weighted by atomic mass is 16.5. The highest BCUT2D eigenvalue weighted by Gasteiger charge is 2.48. The third kappa shape index (κ3) is 13.7. The lowest BCUT2D eigenvalue weighted by Gasteiger charge is -2.46. The van der Waals surface area contributed by atoms with Gasteiger partial charge in [0.1, 0.15) is 6.61 Å². The minimum atomic E-state index is -0.594. The van der Waals surface area contributed by atoms with E-state index in [4.69, 9.17) is 20.9 Å². The normalized spacial score (nSPS) is 24.6. The van der Waals surface area contributed by atoms with E-state index in [9.17, 15) is 14.4 Å². The third-order valence-electron chi connectivity index (χ3n) is 8.31. The van der Waals surface area contributed by atoms with E-state index in [0.29, 0.717) is 58.6 Å². The molecule has 0 aliphatic heterocycles. The van der Waals surface area contributed by atoms with Crippen molar-refractivity contribution in [2.24, 2.45) is 11.5 Å². The van der Waals surface area contributed by atoms with Gasteiger partial charge in [-0.25, -0.2) is 0 Å². The lowest BCUT2D eigenvalue weighted by atomic mass is 9.73. The van der Waals surface area contributed by atoms with E-state index in [-0.39, 0.29) is 42.3 Å². The Kier molecular flexibility index (Phi) is 15.0. The average Bonchev–Trinajstić information content (AvgIpc) is 3.35. The summed E-state index contributed by atoms with van der Waals surface area (Å²) in [5, 5.41) is 17.2. The summed E-state index contributed by atoms with van der Waals surface area (Å²) in [6.45, 7) is 12.1. The van der Waals surface area contributed by atoms with Gasteiger partial charge in [0, 0.05) is 55.7 Å². The van der Waals surface area contributed by atoms with Crippen LogP contribution in [0, 0.1) is 0 Å². The second kappa shape index (κ2) is 17.6. The van der Waals surface area contributed by atoms with Gasteiger partial charge >= 0.3 is 0 Å². The SMILES string of the molecule is CC[C@@H](C)NC(=O)COCCOCCNC(=O)CCCCn1cc(CCC(=O)NC2(C)CC(C)(N)CCCC2(C)N)nn1. The van der Waals surface area contributed by atoms with Crippen LogP contribution < -0.4 is 27.4 Å². The van der Waals surface area contributed by atoms with Gasteiger partial charge in [0.25, 0.3) is 0 Å². The molecule has 1 aromatic rings. The van der Waals surface area contributed by atoms with E-state index in [1.807, 2.05) is 40.8 Å². The molecule has 1 fully saturated rings. The van der Waals surface area contributed by atoms with E-state index in [1.54, 1.807) is 4.68 Å². The van der Waals surface area contributed by atoms with Gasteiger partial charge in [0.15, 0.2) is 0 Å². The molecule has 13 nitrogen and oxygen atoms in total. The molecule has 4 atom stereocenters. The molecule has 1 aliphatic rings. The van der Waals surface area contributed by atoms with Crippen LogP contribution in [0.15, 0.2) is 6.20 Å². The summed E-state index contributed by atoms with van der Waals surface area (Å²) in [5.41, 5.74) is 12.4. The van der Waals surface area contributed by atoms with Gasteiger partial charge in [-0.1, -0.05) is 12.1 Å². The van der Waals surface area contributed by atoms with Crippen LogP contribution in [-0.2, 0) is 36.8 Å². The first-order chi connectivity index (χ1) is 20.2. The van der Waals surface area contributed by atoms with Crippen molar-refractivity contribution in [2.45, 2.75) is 128 Å². The molecule has 0 spiro atoms. The maximum absolute atomic E-state index is 12.9. The number of hydrogen-bond donors (Lipinski definition) is 5. The van der Waals surface area contributed by atoms with Crippen molar-refractivity contribution in [3.63, 3.8) is 0 Å². The molecule has 13 heteroatoms. The second-order valence-corrected chi connectivity index (χ2v) is 12.8. The summed E-state index contributed by atoms with van der Waals surface area (Å²) in [7, 11) is 0. The molecule has 1 aliphatic carbocycles. The molecule has 1 heterocycles. The topological polar surface area (TPSA) is 189 Å². The summed E-state index contributed by atoms with van der Waals surface area (Å²) >= 11 is 0. The summed E-state index contributed by atoms with van der Waals surface area (Å²) in [5.74, 6) is -0.235. The Labute approximate surface area is 256 Å². The lowest BCUT2D eigenvalue weighted by molar-refractivity contribution is -0.127. The van der Waals surface area contributed by atoms with Crippen LogP contribution >= 0.6 is 0 Å². The van der Waals surface area contributed by atoms with Crippen molar-refractivity contribution in [2.75, 3.05) is 33.0 Å². The second-order valence-electron chi connectivity index (χ2n) is 12.8. The standard InChI is InChI=1S/C30H56N8O5/c1-6-23(2)34-27(41)21-43-19-18-42-17-15-33-25(39)10-7-8-16-38-20-24(36-37-38)11-12-26(40)35-30(5)22-28(3,31)13-9-14-29(30,4)32/h20,23H,6-19,21-22,31-32H2,1-5H3,(H,33,39)(H,34,41)(H,35,40)/t23-,28?,29?,30?/m1/s1. The molecule has 0 radical (unpaired) electrons. The zero-order valence-electron chi connectivity index (χ0n) is 27.0. The number of aromatic nitrogens is 3. The Morgan fingerprint density at radius 2 is 1.77 bits per heavy atom. The first kappa shape index (κ1) is 36.6. The number of hydrogen-bond acceptors (Lipinski definition) is 9. The largest absolute Gasteiger partial charge is 0.377 e. The molecule has 43 heavy (non-hydrogen) atoms. The summed E-state index contributed by atoms with van der Waals surface area (Å²) in [4.78, 5) is 36.6. The Hall–Kier alpha value is -2.61. The maximum Gasteiger partial charge on any atom is 0.246 e. The molecule has 0 aromatic carbocycles. The van der Waals surface area contributed by atoms with Gasteiger partial charge in [-0.3, -0.25) is 19.1 Å². The summed E-state index contributed by atoms with van der Waals surface area (Å²) in [6.07, 6.45) is 8.65. The fourth-order valence-electron chi connectivity index (χ4n) is 5.31. The van der Waals surface area contributed by atoms with Crippen molar-refractivity contribution < 1.29 is 23.9 Å². The summed E-state index contributed by atoms with van der Waals surface area (Å²) in [6, 6.07) is 0.136. The predicted molar refractivity (Wildman–Crippen MR) is 165 cm³/mol. The average molecular weight is 609 g/mol. The quantitative estimate of drug-likeness (QED) is 0.114. The van der Waals surface area contributed by atoms with Crippen molar-refractivity contribution in [1.29, 1.82) is 0 Å². The molecule has 1 saturated carbocycles. The van der Waals surface area contributed by atoms with Crippen LogP contribution in [0.2, 0.25) is 0 Å². The maximum atomic E-state index is 12.9. The molecule has 0 saturated heterocycles. The minimum absolute atomic E-state index is 0.0149. The zero-order chi connectivity index (χ0) is 31.9. The van der Waals surface area contributed by atoms with E-state index in [0.717, 1.165) is 37.8 Å². The Morgan fingerprint density at radius 1 is 1.02 bits per heavy atom. The molecule has 1 aromatic heterocycles. The van der Waals surface area contributed by atoms with Crippen molar-refractivity contribution in [1.82, 2.24) is 30.9 Å². The first-order valence-corrected chi connectivity index (χ1v) is 15.7. The van der Waals surface area contributed by atoms with Gasteiger partial charge in [-0.2, -0.15) is 0 Å². The van der Waals surface area contributed by atoms with Crippen molar-refractivity contribution in [3.8, 4) is 0 Å². The van der Waals surface area contributed by atoms with Crippen molar-refractivity contribution in [3.05, 3.63) is 11.9 Å². The number of carbonyl (C=O) groups is 3. The monoisotopic (exact) mass is 608 g/mol. The highest BCUT2D eigenvalue weighted by molar-refractivity contribution is 5.77. The Balaban J connectivity index is 1.55. The van der Waals surface area contributed by atoms with Gasteiger partial charge in [-0.15, -0.1) is 5.10 Å². The number of nitrogens with zero attached hydrogens (tertiary/aromatic N) is 3. The molecule has 7 N–H and O–H groups in total. The minimum Gasteiger partial charge on any atom is -0.377 e. The van der Waals surface area contributed by atoms with Crippen LogP contribution in [0.3, 0.4) is 0 Å². The fraction of sp³-hybridized carbons (Fsp3) is 0.833. The van der Waals surface area contributed by atoms with Crippen LogP contribution in [-0.4, -0.2) is 88.3 Å². The van der Waals surface area contributed by atoms with Gasteiger partial charge in [0.05, 0.1) is 31.1 Å². The highest BCUT2D eigenvalue weighted by Crippen LogP contribution is 2.37. The van der Waals surface area contributed by atoms with Crippen LogP contribution in [0.25, 0.3) is 0 Å². The number of carbonyl (C=O) groups excluding carboxylic acids is 3. The fourth-order valence-corrected chi connectivity index (χ4v) is 5.31. The molecule has 3 amide bonds. The van der Waals surface area contributed by atoms with Crippen LogP contribution in [0.1, 0.15) is 98.1 Å². The van der Waals surface area contributed by atoms with Crippen molar-refractivity contribution >= 4 is 17.7 Å². The molecule has 3 unspecified atom stereocenters. The molecule has 0 bridgehead atoms. The smallest absolute Gasteiger partial charge is 0.246 e. The van der Waals surface area contributed by atoms with E-state index >= 15 is 0 Å².